The minimum absolute atomic E-state index is 0.0793. The van der Waals surface area contributed by atoms with Crippen LogP contribution in [0.4, 0.5) is 17.1 Å². The number of nitrogens with zero attached hydrogens (tertiary/aromatic N) is 1. The number of fused-ring (bicyclic) bond motifs is 1. The van der Waals surface area contributed by atoms with Crippen LogP contribution in [0.2, 0.25) is 5.02 Å². The zero-order valence-corrected chi connectivity index (χ0v) is 12.3. The lowest BCUT2D eigenvalue weighted by Crippen LogP contribution is -2.35. The molecule has 0 fully saturated rings. The summed E-state index contributed by atoms with van der Waals surface area (Å²) < 4.78 is 0. The van der Waals surface area contributed by atoms with Crippen molar-refractivity contribution in [1.82, 2.24) is 0 Å². The second-order valence-electron chi connectivity index (χ2n) is 5.04. The van der Waals surface area contributed by atoms with Gasteiger partial charge in [0.15, 0.2) is 0 Å². The number of aliphatic hydroxyl groups is 1. The fraction of sp³-hybridized carbons (Fsp3) is 0.188. The van der Waals surface area contributed by atoms with Gasteiger partial charge >= 0.3 is 0 Å². The zero-order chi connectivity index (χ0) is 15.0. The Labute approximate surface area is 128 Å². The van der Waals surface area contributed by atoms with Crippen LogP contribution in [0, 0.1) is 0 Å². The van der Waals surface area contributed by atoms with Crippen molar-refractivity contribution in [2.24, 2.45) is 0 Å². The van der Waals surface area contributed by atoms with Crippen molar-refractivity contribution in [3.63, 3.8) is 0 Å². The van der Waals surface area contributed by atoms with E-state index in [-0.39, 0.29) is 12.5 Å². The van der Waals surface area contributed by atoms with Crippen LogP contribution in [-0.2, 0) is 4.79 Å². The van der Waals surface area contributed by atoms with E-state index in [9.17, 15) is 9.90 Å². The monoisotopic (exact) mass is 302 g/mol. The number of halogens is 1. The van der Waals surface area contributed by atoms with Crippen molar-refractivity contribution in [3.8, 4) is 0 Å². The second-order valence-corrected chi connectivity index (χ2v) is 5.45. The molecule has 1 heterocycles. The molecule has 2 aromatic carbocycles. The van der Waals surface area contributed by atoms with E-state index in [0.717, 1.165) is 22.6 Å². The van der Waals surface area contributed by atoms with Crippen LogP contribution < -0.4 is 10.2 Å². The van der Waals surface area contributed by atoms with Crippen molar-refractivity contribution in [1.29, 1.82) is 0 Å². The molecule has 0 radical (unpaired) electrons. The maximum atomic E-state index is 11.9. The van der Waals surface area contributed by atoms with Crippen molar-refractivity contribution in [2.75, 3.05) is 16.8 Å². The minimum atomic E-state index is -0.575. The normalized spacial score (nSPS) is 15.4. The summed E-state index contributed by atoms with van der Waals surface area (Å²) in [6.45, 7) is 1.90. The van der Waals surface area contributed by atoms with Crippen molar-refractivity contribution in [3.05, 3.63) is 53.1 Å². The molecule has 0 saturated carbocycles. The minimum Gasteiger partial charge on any atom is -0.389 e. The lowest BCUT2D eigenvalue weighted by molar-refractivity contribution is -0.115. The summed E-state index contributed by atoms with van der Waals surface area (Å²) in [5.41, 5.74) is 3.18. The zero-order valence-electron chi connectivity index (χ0n) is 11.5. The average Bonchev–Trinajstić information content (AvgIpc) is 2.46. The van der Waals surface area contributed by atoms with Gasteiger partial charge in [0, 0.05) is 0 Å². The molecule has 5 heteroatoms. The molecule has 2 N–H and O–H groups in total. The Morgan fingerprint density at radius 3 is 2.71 bits per heavy atom. The third-order valence-corrected chi connectivity index (χ3v) is 3.82. The van der Waals surface area contributed by atoms with Crippen molar-refractivity contribution >= 4 is 34.6 Å². The number of rotatable bonds is 2. The Bertz CT molecular complexity index is 700. The molecule has 0 aromatic heterocycles. The summed E-state index contributed by atoms with van der Waals surface area (Å²) in [7, 11) is 0. The van der Waals surface area contributed by atoms with E-state index >= 15 is 0 Å². The van der Waals surface area contributed by atoms with Gasteiger partial charge < -0.3 is 15.3 Å². The smallest absolute Gasteiger partial charge is 0.244 e. The number of anilines is 3. The number of carbonyl (C=O) groups is 1. The summed E-state index contributed by atoms with van der Waals surface area (Å²) >= 11 is 6.34. The molecule has 0 spiro atoms. The third-order valence-electron chi connectivity index (χ3n) is 3.52. The van der Waals surface area contributed by atoms with Crippen LogP contribution in [0.25, 0.3) is 0 Å². The highest BCUT2D eigenvalue weighted by Crippen LogP contribution is 2.38. The highest BCUT2D eigenvalue weighted by atomic mass is 35.5. The van der Waals surface area contributed by atoms with Gasteiger partial charge in [-0.05, 0) is 36.8 Å². The first-order valence-electron chi connectivity index (χ1n) is 6.70. The van der Waals surface area contributed by atoms with E-state index in [4.69, 9.17) is 11.6 Å². The Kier molecular flexibility index (Phi) is 3.57. The van der Waals surface area contributed by atoms with Gasteiger partial charge in [0.1, 0.15) is 6.54 Å². The molecule has 3 rings (SSSR count). The van der Waals surface area contributed by atoms with Crippen molar-refractivity contribution in [2.45, 2.75) is 13.0 Å². The molecule has 1 atom stereocenters. The van der Waals surface area contributed by atoms with E-state index < -0.39 is 6.10 Å². The lowest BCUT2D eigenvalue weighted by atomic mass is 10.1. The van der Waals surface area contributed by atoms with E-state index in [1.807, 2.05) is 41.3 Å². The summed E-state index contributed by atoms with van der Waals surface area (Å²) in [4.78, 5) is 13.7. The molecule has 108 valence electrons. The van der Waals surface area contributed by atoms with E-state index in [1.54, 1.807) is 13.0 Å². The largest absolute Gasteiger partial charge is 0.389 e. The highest BCUT2D eigenvalue weighted by molar-refractivity contribution is 6.33. The van der Waals surface area contributed by atoms with Crippen LogP contribution >= 0.6 is 11.6 Å². The van der Waals surface area contributed by atoms with Gasteiger partial charge in [-0.1, -0.05) is 29.8 Å². The number of amides is 1. The molecular formula is C16H15ClN2O2. The number of hydrogen-bond acceptors (Lipinski definition) is 3. The Balaban J connectivity index is 2.07. The maximum absolute atomic E-state index is 11.9. The summed E-state index contributed by atoms with van der Waals surface area (Å²) in [5.74, 6) is -0.0793. The van der Waals surface area contributed by atoms with Crippen LogP contribution in [0.15, 0.2) is 42.5 Å². The number of nitrogens with one attached hydrogen (secondary N) is 1. The summed E-state index contributed by atoms with van der Waals surface area (Å²) in [5, 5.41) is 13.0. The Morgan fingerprint density at radius 1 is 1.24 bits per heavy atom. The lowest BCUT2D eigenvalue weighted by Gasteiger charge is -2.31. The van der Waals surface area contributed by atoms with Crippen LogP contribution in [-0.4, -0.2) is 17.6 Å². The van der Waals surface area contributed by atoms with E-state index in [1.165, 1.54) is 0 Å². The molecule has 1 aliphatic heterocycles. The SMILES string of the molecule is CC(O)c1ccc(N2CC(=O)Nc3ccccc32)c(Cl)c1. The Morgan fingerprint density at radius 2 is 2.00 bits per heavy atom. The van der Waals surface area contributed by atoms with Gasteiger partial charge in [-0.15, -0.1) is 0 Å². The molecule has 1 aliphatic rings. The highest BCUT2D eigenvalue weighted by Gasteiger charge is 2.24. The first-order chi connectivity index (χ1) is 10.1. The Hall–Kier alpha value is -2.04. The fourth-order valence-corrected chi connectivity index (χ4v) is 2.74. The standard InChI is InChI=1S/C16H15ClN2O2/c1-10(20)11-6-7-14(12(17)8-11)19-9-16(21)18-13-4-2-3-5-15(13)19/h2-8,10,20H,9H2,1H3,(H,18,21). The van der Waals surface area contributed by atoms with Gasteiger partial charge in [-0.3, -0.25) is 4.79 Å². The number of benzene rings is 2. The number of aliphatic hydroxyl groups excluding tert-OH is 1. The van der Waals surface area contributed by atoms with Gasteiger partial charge in [-0.2, -0.15) is 0 Å². The van der Waals surface area contributed by atoms with Gasteiger partial charge in [0.2, 0.25) is 5.91 Å². The third kappa shape index (κ3) is 2.60. The van der Waals surface area contributed by atoms with Gasteiger partial charge in [0.25, 0.3) is 0 Å². The second kappa shape index (κ2) is 5.39. The predicted octanol–water partition coefficient (Wildman–Crippen LogP) is 3.48. The first kappa shape index (κ1) is 13.9. The molecule has 1 amide bonds. The fourth-order valence-electron chi connectivity index (χ4n) is 2.45. The predicted molar refractivity (Wildman–Crippen MR) is 84.2 cm³/mol. The van der Waals surface area contributed by atoms with Gasteiger partial charge in [0.05, 0.1) is 28.2 Å². The molecule has 2 aromatic rings. The number of hydrogen-bond donors (Lipinski definition) is 2. The van der Waals surface area contributed by atoms with Crippen LogP contribution in [0.1, 0.15) is 18.6 Å². The summed E-state index contributed by atoms with van der Waals surface area (Å²) in [6.07, 6.45) is -0.575. The topological polar surface area (TPSA) is 52.6 Å². The first-order valence-corrected chi connectivity index (χ1v) is 7.08. The number of para-hydroxylation sites is 2. The molecule has 0 aliphatic carbocycles. The van der Waals surface area contributed by atoms with Crippen LogP contribution in [0.3, 0.4) is 0 Å². The van der Waals surface area contributed by atoms with E-state index in [2.05, 4.69) is 5.32 Å². The van der Waals surface area contributed by atoms with Crippen LogP contribution in [0.5, 0.6) is 0 Å². The summed E-state index contributed by atoms with van der Waals surface area (Å²) in [6, 6.07) is 13.0. The quantitative estimate of drug-likeness (QED) is 0.893. The molecule has 4 nitrogen and oxygen atoms in total. The average molecular weight is 303 g/mol. The van der Waals surface area contributed by atoms with Crippen molar-refractivity contribution < 1.29 is 9.90 Å². The molecule has 21 heavy (non-hydrogen) atoms. The van der Waals surface area contributed by atoms with E-state index in [0.29, 0.717) is 5.02 Å². The maximum Gasteiger partial charge on any atom is 0.244 e. The molecular weight excluding hydrogens is 288 g/mol. The van der Waals surface area contributed by atoms with Gasteiger partial charge in [-0.25, -0.2) is 0 Å². The molecule has 0 bridgehead atoms. The number of carbonyl (C=O) groups excluding carboxylic acids is 1. The molecule has 0 saturated heterocycles. The molecule has 1 unspecified atom stereocenters.